The Bertz CT molecular complexity index is 1500. The van der Waals surface area contributed by atoms with Crippen LogP contribution in [0.25, 0.3) is 0 Å². The van der Waals surface area contributed by atoms with Crippen LogP contribution in [0.4, 0.5) is 16.4 Å². The largest absolute Gasteiger partial charge is 0.390 e. The maximum atomic E-state index is 13.3. The van der Waals surface area contributed by atoms with Gasteiger partial charge in [-0.3, -0.25) is 20.6 Å². The van der Waals surface area contributed by atoms with E-state index in [1.165, 1.54) is 0 Å². The van der Waals surface area contributed by atoms with Crippen LogP contribution >= 0.6 is 11.3 Å². The second kappa shape index (κ2) is 12.7. The van der Waals surface area contributed by atoms with Gasteiger partial charge in [-0.25, -0.2) is 10.1 Å². The first-order valence-electron chi connectivity index (χ1n) is 13.4. The number of nitrogen functional groups attached to an aromatic ring is 1. The Balaban J connectivity index is 1.24. The Hall–Kier alpha value is -4.67. The number of carbonyl (C=O) groups excluding carboxylic acids is 2. The van der Waals surface area contributed by atoms with E-state index in [2.05, 4.69) is 27.6 Å². The monoisotopic (exact) mass is 568 g/mol. The molecule has 0 saturated carbocycles. The zero-order valence-corrected chi connectivity index (χ0v) is 23.7. The highest BCUT2D eigenvalue weighted by molar-refractivity contribution is 7.18. The Morgan fingerprint density at radius 3 is 2.20 bits per heavy atom. The average Bonchev–Trinajstić information content (AvgIpc) is 3.40. The van der Waals surface area contributed by atoms with E-state index in [9.17, 15) is 9.59 Å². The molecule has 210 valence electrons. The molecule has 1 fully saturated rings. The fraction of sp³-hybridized carbons (Fsp3) is 0.194. The van der Waals surface area contributed by atoms with Gasteiger partial charge in [0.15, 0.2) is 0 Å². The van der Waals surface area contributed by atoms with Gasteiger partial charge >= 0.3 is 5.91 Å². The van der Waals surface area contributed by atoms with Crippen molar-refractivity contribution in [3.63, 3.8) is 0 Å². The number of thiophene rings is 1. The molecule has 41 heavy (non-hydrogen) atoms. The fourth-order valence-electron chi connectivity index (χ4n) is 4.62. The summed E-state index contributed by atoms with van der Waals surface area (Å²) < 4.78 is 0. The third-order valence-electron chi connectivity index (χ3n) is 7.01. The van der Waals surface area contributed by atoms with Gasteiger partial charge in [0.2, 0.25) is 0 Å². The molecule has 9 nitrogen and oxygen atoms in total. The van der Waals surface area contributed by atoms with E-state index in [1.54, 1.807) is 23.2 Å². The summed E-state index contributed by atoms with van der Waals surface area (Å²) in [5, 5.41) is 11.1. The third kappa shape index (κ3) is 6.92. The van der Waals surface area contributed by atoms with Crippen LogP contribution in [0.1, 0.15) is 31.2 Å². The van der Waals surface area contributed by atoms with Crippen molar-refractivity contribution >= 4 is 45.4 Å². The van der Waals surface area contributed by atoms with Crippen LogP contribution in [0.15, 0.2) is 91.0 Å². The lowest BCUT2D eigenvalue weighted by molar-refractivity contribution is -0.116. The van der Waals surface area contributed by atoms with Crippen LogP contribution in [0, 0.1) is 0 Å². The summed E-state index contributed by atoms with van der Waals surface area (Å²) in [5.41, 5.74) is 13.1. The molecule has 2 heterocycles. The van der Waals surface area contributed by atoms with Gasteiger partial charge in [-0.15, -0.1) is 11.3 Å². The number of amidine groups is 1. The summed E-state index contributed by atoms with van der Waals surface area (Å²) >= 11 is 1.11. The lowest BCUT2D eigenvalue weighted by Crippen LogP contribution is -2.51. The molecule has 1 aliphatic rings. The van der Waals surface area contributed by atoms with Crippen molar-refractivity contribution in [2.45, 2.75) is 6.54 Å². The molecule has 1 aliphatic heterocycles. The number of piperazine rings is 1. The summed E-state index contributed by atoms with van der Waals surface area (Å²) in [5.74, 6) is -0.580. The van der Waals surface area contributed by atoms with Crippen molar-refractivity contribution in [1.29, 1.82) is 0 Å². The van der Waals surface area contributed by atoms with Crippen molar-refractivity contribution in [1.82, 2.24) is 15.6 Å². The van der Waals surface area contributed by atoms with Crippen LogP contribution in [-0.2, 0) is 6.54 Å². The molecule has 3 aromatic carbocycles. The van der Waals surface area contributed by atoms with Gasteiger partial charge in [-0.05, 0) is 55.1 Å². The van der Waals surface area contributed by atoms with Gasteiger partial charge in [0.25, 0.3) is 11.7 Å². The number of nitrogens with zero attached hydrogens (tertiary/aromatic N) is 3. The maximum absolute atomic E-state index is 13.3. The molecule has 1 aromatic heterocycles. The summed E-state index contributed by atoms with van der Waals surface area (Å²) in [7, 11) is 2.12. The van der Waals surface area contributed by atoms with Gasteiger partial charge in [-0.2, -0.15) is 0 Å². The molecule has 0 atom stereocenters. The number of nitrogens with two attached hydrogens (primary N) is 2. The van der Waals surface area contributed by atoms with E-state index >= 15 is 0 Å². The minimum absolute atomic E-state index is 0.0927. The predicted molar refractivity (Wildman–Crippen MR) is 165 cm³/mol. The van der Waals surface area contributed by atoms with Crippen LogP contribution in [0.3, 0.4) is 0 Å². The van der Waals surface area contributed by atoms with E-state index < -0.39 is 0 Å². The summed E-state index contributed by atoms with van der Waals surface area (Å²) in [6.45, 7) is 4.39. The number of hydrogen-bond acceptors (Lipinski definition) is 7. The highest BCUT2D eigenvalue weighted by Gasteiger charge is 2.24. The van der Waals surface area contributed by atoms with Gasteiger partial charge in [-0.1, -0.05) is 48.5 Å². The predicted octanol–water partition coefficient (Wildman–Crippen LogP) is 2.37. The number of carbonyl (C=O) groups is 2. The Kier molecular flexibility index (Phi) is 8.61. The number of anilines is 3. The van der Waals surface area contributed by atoms with Crippen molar-refractivity contribution in [2.75, 3.05) is 48.9 Å². The quantitative estimate of drug-likeness (QED) is 0.147. The van der Waals surface area contributed by atoms with Crippen molar-refractivity contribution in [2.24, 2.45) is 0 Å². The minimum Gasteiger partial charge on any atom is -0.390 e. The zero-order chi connectivity index (χ0) is 28.8. The second-order valence-electron chi connectivity index (χ2n) is 9.94. The van der Waals surface area contributed by atoms with Crippen molar-refractivity contribution in [3.05, 3.63) is 113 Å². The standard InChI is InChI=1S/C31H33N7O2S/c1-36-16-18-37(19-17-36)24-14-12-23(13-15-24)30(39)34-28(32)26-20-27(41-29(26)33)31(40)35-38(25-10-6-3-7-11-25)21-22-8-4-2-5-9-22/h2-15,20H,16-19,21,33H2,1H3,(H,35,40)(H2,32,34,39)/p+1. The van der Waals surface area contributed by atoms with Gasteiger partial charge in [0, 0.05) is 31.9 Å². The van der Waals surface area contributed by atoms with E-state index in [1.807, 2.05) is 72.8 Å². The van der Waals surface area contributed by atoms with E-state index in [-0.39, 0.29) is 17.6 Å². The molecule has 1 saturated heterocycles. The topological polar surface area (TPSA) is 120 Å². The first-order valence-corrected chi connectivity index (χ1v) is 14.2. The summed E-state index contributed by atoms with van der Waals surface area (Å²) in [4.78, 5) is 31.2. The molecule has 0 unspecified atom stereocenters. The summed E-state index contributed by atoms with van der Waals surface area (Å²) in [6, 6.07) is 28.6. The molecule has 0 spiro atoms. The summed E-state index contributed by atoms with van der Waals surface area (Å²) in [6.07, 6.45) is 0. The van der Waals surface area contributed by atoms with E-state index in [0.29, 0.717) is 27.5 Å². The third-order valence-corrected chi connectivity index (χ3v) is 7.97. The molecule has 0 aliphatic carbocycles. The normalized spacial score (nSPS) is 13.4. The fourth-order valence-corrected chi connectivity index (χ4v) is 5.46. The number of hydrogen-bond donors (Lipinski definition) is 4. The number of likely N-dealkylation sites (N-methyl/N-ethyl adjacent to an activating group) is 1. The lowest BCUT2D eigenvalue weighted by atomic mass is 10.1. The number of para-hydroxylation sites is 1. The van der Waals surface area contributed by atoms with E-state index in [4.69, 9.17) is 11.1 Å². The molecule has 10 heteroatoms. The number of rotatable bonds is 8. The Morgan fingerprint density at radius 2 is 1.54 bits per heavy atom. The van der Waals surface area contributed by atoms with Crippen LogP contribution in [-0.4, -0.2) is 55.8 Å². The van der Waals surface area contributed by atoms with Crippen LogP contribution in [0.5, 0.6) is 0 Å². The van der Waals surface area contributed by atoms with Crippen LogP contribution < -0.4 is 31.8 Å². The first-order chi connectivity index (χ1) is 19.9. The smallest absolute Gasteiger partial charge is 0.339 e. The highest BCUT2D eigenvalue weighted by atomic mass is 32.1. The van der Waals surface area contributed by atoms with Gasteiger partial charge in [0.05, 0.1) is 28.2 Å². The zero-order valence-electron chi connectivity index (χ0n) is 22.9. The number of benzene rings is 3. The van der Waals surface area contributed by atoms with Crippen LogP contribution in [0.2, 0.25) is 0 Å². The number of amides is 2. The molecular weight excluding hydrogens is 534 g/mol. The number of hydrazine groups is 1. The van der Waals surface area contributed by atoms with Gasteiger partial charge < -0.3 is 15.5 Å². The molecule has 0 bridgehead atoms. The SMILES string of the molecule is CN1CCN(c2ccc(C(=O)NC(=[NH2+])c3cc(C(=O)NN(Cc4ccccc4)c4ccccc4)sc3N)cc2)CC1. The lowest BCUT2D eigenvalue weighted by Gasteiger charge is -2.34. The molecule has 0 radical (unpaired) electrons. The van der Waals surface area contributed by atoms with E-state index in [0.717, 1.165) is 54.5 Å². The minimum atomic E-state index is -0.345. The molecule has 5 rings (SSSR count). The van der Waals surface area contributed by atoms with Crippen molar-refractivity contribution in [3.8, 4) is 0 Å². The first kappa shape index (κ1) is 27.9. The second-order valence-corrected chi connectivity index (χ2v) is 11.0. The maximum Gasteiger partial charge on any atom is 0.339 e. The Labute approximate surface area is 243 Å². The number of nitrogens with one attached hydrogen (secondary N) is 2. The van der Waals surface area contributed by atoms with Gasteiger partial charge in [0.1, 0.15) is 5.00 Å². The molecule has 4 aromatic rings. The van der Waals surface area contributed by atoms with Crippen molar-refractivity contribution < 1.29 is 15.0 Å². The molecule has 6 N–H and O–H groups in total. The highest BCUT2D eigenvalue weighted by Crippen LogP contribution is 2.25. The average molecular weight is 569 g/mol. The molecule has 2 amide bonds. The Morgan fingerprint density at radius 1 is 0.902 bits per heavy atom. The molecular formula is C31H34N7O2S+.